The first-order valence-electron chi connectivity index (χ1n) is 8.14. The molecular weight excluding hydrogens is 418 g/mol. The maximum Gasteiger partial charge on any atom is 0.378 e. The van der Waals surface area contributed by atoms with Crippen LogP contribution >= 0.6 is 34.3 Å². The van der Waals surface area contributed by atoms with Crippen LogP contribution in [0.15, 0.2) is 60.0 Å². The third kappa shape index (κ3) is 3.89. The van der Waals surface area contributed by atoms with E-state index in [0.29, 0.717) is 15.0 Å². The monoisotopic (exact) mass is 429 g/mol. The summed E-state index contributed by atoms with van der Waals surface area (Å²) < 4.78 is 7.20. The second-order valence-electron chi connectivity index (χ2n) is 5.59. The number of nitrogens with zero attached hydrogens (tertiary/aromatic N) is 3. The number of carbonyl (C=O) groups excluding carboxylic acids is 2. The van der Waals surface area contributed by atoms with Gasteiger partial charge in [-0.15, -0.1) is 27.8 Å². The van der Waals surface area contributed by atoms with E-state index in [9.17, 15) is 9.59 Å². The van der Waals surface area contributed by atoms with Gasteiger partial charge in [-0.2, -0.15) is 4.98 Å². The third-order valence-corrected chi connectivity index (χ3v) is 5.85. The minimum Gasteiger partial charge on any atom is -0.451 e. The van der Waals surface area contributed by atoms with Gasteiger partial charge in [-0.05, 0) is 35.7 Å². The average Bonchev–Trinajstić information content (AvgIpc) is 3.46. The zero-order valence-electron chi connectivity index (χ0n) is 14.2. The Bertz CT molecular complexity index is 1120. The van der Waals surface area contributed by atoms with Crippen molar-refractivity contribution in [3.8, 4) is 16.4 Å². The lowest BCUT2D eigenvalue weighted by atomic mass is 10.3. The molecule has 3 aromatic heterocycles. The van der Waals surface area contributed by atoms with Gasteiger partial charge in [0.15, 0.2) is 12.4 Å². The Labute approximate surface area is 173 Å². The smallest absolute Gasteiger partial charge is 0.378 e. The second kappa shape index (κ2) is 8.05. The number of ether oxygens (including phenoxy) is 1. The van der Waals surface area contributed by atoms with E-state index in [1.54, 1.807) is 16.8 Å². The number of rotatable bonds is 6. The number of hydrogen-bond acceptors (Lipinski definition) is 7. The Morgan fingerprint density at radius 2 is 1.89 bits per heavy atom. The molecule has 0 saturated carbocycles. The highest BCUT2D eigenvalue weighted by atomic mass is 35.5. The number of aromatic nitrogens is 3. The quantitative estimate of drug-likeness (QED) is 0.326. The van der Waals surface area contributed by atoms with Crippen molar-refractivity contribution in [2.45, 2.75) is 0 Å². The average molecular weight is 430 g/mol. The Morgan fingerprint density at radius 1 is 1.07 bits per heavy atom. The number of carbonyl (C=O) groups is 2. The van der Waals surface area contributed by atoms with E-state index in [-0.39, 0.29) is 11.6 Å². The fraction of sp³-hybridized carbons (Fsp3) is 0.0526. The van der Waals surface area contributed by atoms with Gasteiger partial charge < -0.3 is 4.74 Å². The van der Waals surface area contributed by atoms with Crippen LogP contribution in [0.25, 0.3) is 16.4 Å². The summed E-state index contributed by atoms with van der Waals surface area (Å²) in [5.74, 6) is -0.663. The molecular formula is C19H12ClN3O3S2. The van der Waals surface area contributed by atoms with Gasteiger partial charge >= 0.3 is 5.97 Å². The number of hydrogen-bond donors (Lipinski definition) is 0. The molecule has 0 saturated heterocycles. The van der Waals surface area contributed by atoms with Crippen LogP contribution in [-0.4, -0.2) is 33.1 Å². The maximum absolute atomic E-state index is 12.4. The van der Waals surface area contributed by atoms with Crippen LogP contribution in [-0.2, 0) is 4.74 Å². The summed E-state index contributed by atoms with van der Waals surface area (Å²) >= 11 is 8.45. The summed E-state index contributed by atoms with van der Waals surface area (Å²) in [7, 11) is 0. The molecule has 0 radical (unpaired) electrons. The summed E-state index contributed by atoms with van der Waals surface area (Å²) in [6.45, 7) is -0.399. The molecule has 3 heterocycles. The van der Waals surface area contributed by atoms with E-state index < -0.39 is 12.6 Å². The highest BCUT2D eigenvalue weighted by Gasteiger charge is 2.21. The summed E-state index contributed by atoms with van der Waals surface area (Å²) in [6, 6.07) is 16.4. The van der Waals surface area contributed by atoms with E-state index in [1.165, 1.54) is 11.3 Å². The highest BCUT2D eigenvalue weighted by molar-refractivity contribution is 7.18. The first-order chi connectivity index (χ1) is 13.6. The fourth-order valence-corrected chi connectivity index (χ4v) is 4.11. The van der Waals surface area contributed by atoms with Crippen molar-refractivity contribution in [1.29, 1.82) is 0 Å². The van der Waals surface area contributed by atoms with Gasteiger partial charge in [0.25, 0.3) is 5.82 Å². The number of para-hydroxylation sites is 1. The standard InChI is InChI=1S/C19H12ClN3O3S2/c20-16-9-8-14(28-16)13(24)11-26-19(25)17-21-18(15-7-4-10-27-15)23(22-17)12-5-2-1-3-6-12/h1-10H,11H2. The molecule has 0 bridgehead atoms. The summed E-state index contributed by atoms with van der Waals surface area (Å²) in [6.07, 6.45) is 0. The normalized spacial score (nSPS) is 10.8. The van der Waals surface area contributed by atoms with Gasteiger partial charge in [-0.25, -0.2) is 9.48 Å². The SMILES string of the molecule is O=C(OCC(=O)c1ccc(Cl)s1)c1nc(-c2cccs2)n(-c2ccccc2)n1. The van der Waals surface area contributed by atoms with E-state index >= 15 is 0 Å². The Hall–Kier alpha value is -2.81. The molecule has 0 aliphatic rings. The molecule has 0 N–H and O–H groups in total. The maximum atomic E-state index is 12.4. The minimum atomic E-state index is -0.761. The van der Waals surface area contributed by atoms with Crippen LogP contribution in [0.4, 0.5) is 0 Å². The topological polar surface area (TPSA) is 74.1 Å². The number of ketones is 1. The van der Waals surface area contributed by atoms with Gasteiger partial charge in [-0.1, -0.05) is 35.9 Å². The molecule has 6 nitrogen and oxygen atoms in total. The first kappa shape index (κ1) is 18.5. The highest BCUT2D eigenvalue weighted by Crippen LogP contribution is 2.26. The minimum absolute atomic E-state index is 0.107. The molecule has 28 heavy (non-hydrogen) atoms. The largest absolute Gasteiger partial charge is 0.451 e. The second-order valence-corrected chi connectivity index (χ2v) is 8.25. The van der Waals surface area contributed by atoms with Crippen molar-refractivity contribution in [1.82, 2.24) is 14.8 Å². The summed E-state index contributed by atoms with van der Waals surface area (Å²) in [5, 5.41) is 6.22. The molecule has 140 valence electrons. The molecule has 0 fully saturated rings. The molecule has 0 spiro atoms. The van der Waals surface area contributed by atoms with Crippen LogP contribution in [0.5, 0.6) is 0 Å². The van der Waals surface area contributed by atoms with Crippen molar-refractivity contribution >= 4 is 46.0 Å². The lowest BCUT2D eigenvalue weighted by molar-refractivity contribution is 0.0464. The summed E-state index contributed by atoms with van der Waals surface area (Å²) in [5.41, 5.74) is 0.766. The van der Waals surface area contributed by atoms with Crippen molar-refractivity contribution in [2.75, 3.05) is 6.61 Å². The van der Waals surface area contributed by atoms with Gasteiger partial charge in [-0.3, -0.25) is 4.79 Å². The number of Topliss-reactive ketones (excluding diaryl/α,β-unsaturated/α-hetero) is 1. The number of thiophene rings is 2. The summed E-state index contributed by atoms with van der Waals surface area (Å²) in [4.78, 5) is 30.2. The Kier molecular flexibility index (Phi) is 5.34. The third-order valence-electron chi connectivity index (χ3n) is 3.71. The molecule has 4 aromatic rings. The number of halogens is 1. The zero-order chi connectivity index (χ0) is 19.5. The predicted octanol–water partition coefficient (Wildman–Crippen LogP) is 4.75. The lowest BCUT2D eigenvalue weighted by Gasteiger charge is -2.03. The molecule has 0 atom stereocenters. The van der Waals surface area contributed by atoms with Crippen LogP contribution in [0, 0.1) is 0 Å². The van der Waals surface area contributed by atoms with Gasteiger partial charge in [0.05, 0.1) is 19.8 Å². The molecule has 0 amide bonds. The van der Waals surface area contributed by atoms with Crippen molar-refractivity contribution in [3.63, 3.8) is 0 Å². The molecule has 1 aromatic carbocycles. The Morgan fingerprint density at radius 3 is 2.57 bits per heavy atom. The van der Waals surface area contributed by atoms with Crippen LogP contribution < -0.4 is 0 Å². The molecule has 4 rings (SSSR count). The fourth-order valence-electron chi connectivity index (χ4n) is 2.44. The first-order valence-corrected chi connectivity index (χ1v) is 10.2. The van der Waals surface area contributed by atoms with E-state index in [1.807, 2.05) is 47.8 Å². The van der Waals surface area contributed by atoms with Gasteiger partial charge in [0.2, 0.25) is 5.78 Å². The van der Waals surface area contributed by atoms with E-state index in [0.717, 1.165) is 21.9 Å². The van der Waals surface area contributed by atoms with Gasteiger partial charge in [0.1, 0.15) is 0 Å². The number of benzene rings is 1. The van der Waals surface area contributed by atoms with Crippen LogP contribution in [0.1, 0.15) is 20.3 Å². The van der Waals surface area contributed by atoms with Crippen molar-refractivity contribution in [2.24, 2.45) is 0 Å². The molecule has 0 aliphatic carbocycles. The molecule has 0 aliphatic heterocycles. The number of esters is 1. The van der Waals surface area contributed by atoms with Crippen LogP contribution in [0.3, 0.4) is 0 Å². The van der Waals surface area contributed by atoms with E-state index in [2.05, 4.69) is 10.1 Å². The molecule has 0 unspecified atom stereocenters. The predicted molar refractivity (Wildman–Crippen MR) is 109 cm³/mol. The molecule has 9 heteroatoms. The lowest BCUT2D eigenvalue weighted by Crippen LogP contribution is -2.14. The van der Waals surface area contributed by atoms with Crippen molar-refractivity contribution < 1.29 is 14.3 Å². The van der Waals surface area contributed by atoms with Crippen LogP contribution in [0.2, 0.25) is 4.34 Å². The van der Waals surface area contributed by atoms with E-state index in [4.69, 9.17) is 16.3 Å². The zero-order valence-corrected chi connectivity index (χ0v) is 16.6. The van der Waals surface area contributed by atoms with Crippen molar-refractivity contribution in [3.05, 3.63) is 75.0 Å². The Balaban J connectivity index is 1.57. The van der Waals surface area contributed by atoms with Gasteiger partial charge in [0, 0.05) is 0 Å².